The molecule has 76 valence electrons. The predicted molar refractivity (Wildman–Crippen MR) is 47.7 cm³/mol. The number of alkyl halides is 1. The number of carboxylic acids is 1. The standard InChI is InChI=1S/C8H13ClO4/c1-2-13-8(12)6(7(10)11)4-3-5-9/h6H,2-5H2,1H3,(H,10,11). The second-order valence-electron chi connectivity index (χ2n) is 2.47. The van der Waals surface area contributed by atoms with Crippen molar-refractivity contribution >= 4 is 23.5 Å². The van der Waals surface area contributed by atoms with Gasteiger partial charge in [-0.1, -0.05) is 0 Å². The maximum atomic E-state index is 11.0. The first-order valence-electron chi connectivity index (χ1n) is 4.08. The quantitative estimate of drug-likeness (QED) is 0.406. The molecule has 1 unspecified atom stereocenters. The van der Waals surface area contributed by atoms with Crippen LogP contribution < -0.4 is 0 Å². The van der Waals surface area contributed by atoms with Crippen molar-refractivity contribution in [3.05, 3.63) is 0 Å². The van der Waals surface area contributed by atoms with Crippen LogP contribution in [0.4, 0.5) is 0 Å². The van der Waals surface area contributed by atoms with Crippen LogP contribution in [0.3, 0.4) is 0 Å². The van der Waals surface area contributed by atoms with Crippen LogP contribution in [-0.4, -0.2) is 29.5 Å². The summed E-state index contributed by atoms with van der Waals surface area (Å²) in [4.78, 5) is 21.6. The zero-order valence-electron chi connectivity index (χ0n) is 7.46. The highest BCUT2D eigenvalue weighted by molar-refractivity contribution is 6.17. The number of rotatable bonds is 6. The van der Waals surface area contributed by atoms with Gasteiger partial charge in [-0.15, -0.1) is 11.6 Å². The minimum absolute atomic E-state index is 0.198. The SMILES string of the molecule is CCOC(=O)C(CCCCl)C(=O)O. The molecule has 0 aliphatic rings. The Morgan fingerprint density at radius 2 is 2.15 bits per heavy atom. The van der Waals surface area contributed by atoms with Gasteiger partial charge < -0.3 is 9.84 Å². The molecule has 0 aliphatic carbocycles. The number of halogens is 1. The smallest absolute Gasteiger partial charge is 0.320 e. The summed E-state index contributed by atoms with van der Waals surface area (Å²) >= 11 is 5.39. The average molecular weight is 209 g/mol. The van der Waals surface area contributed by atoms with E-state index < -0.39 is 17.9 Å². The maximum Gasteiger partial charge on any atom is 0.320 e. The normalized spacial score (nSPS) is 12.2. The fourth-order valence-corrected chi connectivity index (χ4v) is 1.02. The lowest BCUT2D eigenvalue weighted by molar-refractivity contribution is -0.158. The fourth-order valence-electron chi connectivity index (χ4n) is 0.866. The average Bonchev–Trinajstić information content (AvgIpc) is 2.05. The molecule has 5 heteroatoms. The van der Waals surface area contributed by atoms with Crippen molar-refractivity contribution in [1.82, 2.24) is 0 Å². The number of carboxylic acid groups (broad SMARTS) is 1. The second-order valence-corrected chi connectivity index (χ2v) is 2.85. The van der Waals surface area contributed by atoms with Crippen molar-refractivity contribution in [2.24, 2.45) is 5.92 Å². The van der Waals surface area contributed by atoms with E-state index in [0.717, 1.165) is 0 Å². The van der Waals surface area contributed by atoms with Crippen molar-refractivity contribution in [3.8, 4) is 0 Å². The van der Waals surface area contributed by atoms with Gasteiger partial charge in [0.1, 0.15) is 0 Å². The Balaban J connectivity index is 4.07. The van der Waals surface area contributed by atoms with E-state index in [9.17, 15) is 9.59 Å². The van der Waals surface area contributed by atoms with Crippen molar-refractivity contribution in [1.29, 1.82) is 0 Å². The number of hydrogen-bond donors (Lipinski definition) is 1. The molecule has 0 amide bonds. The van der Waals surface area contributed by atoms with E-state index in [1.807, 2.05) is 0 Å². The van der Waals surface area contributed by atoms with Crippen LogP contribution in [0, 0.1) is 5.92 Å². The minimum Gasteiger partial charge on any atom is -0.481 e. The summed E-state index contributed by atoms with van der Waals surface area (Å²) in [5.74, 6) is -2.55. The van der Waals surface area contributed by atoms with E-state index in [-0.39, 0.29) is 13.0 Å². The Morgan fingerprint density at radius 3 is 2.54 bits per heavy atom. The molecule has 1 atom stereocenters. The third kappa shape index (κ3) is 4.72. The summed E-state index contributed by atoms with van der Waals surface area (Å²) in [5.41, 5.74) is 0. The minimum atomic E-state index is -1.15. The molecule has 1 N–H and O–H groups in total. The third-order valence-corrected chi connectivity index (χ3v) is 1.76. The lowest BCUT2D eigenvalue weighted by Crippen LogP contribution is -2.26. The van der Waals surface area contributed by atoms with Crippen molar-refractivity contribution in [2.45, 2.75) is 19.8 Å². The van der Waals surface area contributed by atoms with Gasteiger partial charge in [0.25, 0.3) is 0 Å². The highest BCUT2D eigenvalue weighted by Gasteiger charge is 2.26. The van der Waals surface area contributed by atoms with Gasteiger partial charge in [-0.25, -0.2) is 0 Å². The largest absolute Gasteiger partial charge is 0.481 e. The molecule has 0 fully saturated rings. The Hall–Kier alpha value is -0.770. The first-order chi connectivity index (χ1) is 6.13. The lowest BCUT2D eigenvalue weighted by Gasteiger charge is -2.09. The molecule has 4 nitrogen and oxygen atoms in total. The number of carbonyl (C=O) groups is 2. The second kappa shape index (κ2) is 6.71. The third-order valence-electron chi connectivity index (χ3n) is 1.50. The molecule has 0 aliphatic heterocycles. The summed E-state index contributed by atoms with van der Waals surface area (Å²) in [7, 11) is 0. The van der Waals surface area contributed by atoms with E-state index >= 15 is 0 Å². The molecule has 0 aromatic carbocycles. The summed E-state index contributed by atoms with van der Waals surface area (Å²) in [6, 6.07) is 0. The fraction of sp³-hybridized carbons (Fsp3) is 0.750. The zero-order chi connectivity index (χ0) is 10.3. The van der Waals surface area contributed by atoms with Gasteiger partial charge >= 0.3 is 11.9 Å². The van der Waals surface area contributed by atoms with E-state index in [0.29, 0.717) is 12.3 Å². The summed E-state index contributed by atoms with van der Waals surface area (Å²) in [6.07, 6.45) is 0.731. The number of hydrogen-bond acceptors (Lipinski definition) is 3. The molecular weight excluding hydrogens is 196 g/mol. The van der Waals surface area contributed by atoms with Crippen LogP contribution in [0.2, 0.25) is 0 Å². The number of ether oxygens (including phenoxy) is 1. The number of aliphatic carboxylic acids is 1. The molecule has 0 aromatic rings. The highest BCUT2D eigenvalue weighted by Crippen LogP contribution is 2.09. The Morgan fingerprint density at radius 1 is 1.54 bits per heavy atom. The van der Waals surface area contributed by atoms with E-state index in [4.69, 9.17) is 16.7 Å². The first kappa shape index (κ1) is 12.2. The Bertz CT molecular complexity index is 181. The van der Waals surface area contributed by atoms with Crippen LogP contribution in [-0.2, 0) is 14.3 Å². The molecule has 0 spiro atoms. The van der Waals surface area contributed by atoms with Gasteiger partial charge in [0.2, 0.25) is 0 Å². The van der Waals surface area contributed by atoms with Crippen LogP contribution in [0.15, 0.2) is 0 Å². The lowest BCUT2D eigenvalue weighted by atomic mass is 10.0. The van der Waals surface area contributed by atoms with Crippen LogP contribution in [0.1, 0.15) is 19.8 Å². The van der Waals surface area contributed by atoms with Gasteiger partial charge in [-0.2, -0.15) is 0 Å². The number of esters is 1. The summed E-state index contributed by atoms with van der Waals surface area (Å²) in [5, 5.41) is 8.65. The molecule has 0 rings (SSSR count). The van der Waals surface area contributed by atoms with Gasteiger partial charge in [-0.05, 0) is 19.8 Å². The molecular formula is C8H13ClO4. The molecule has 13 heavy (non-hydrogen) atoms. The molecule has 0 heterocycles. The number of carbonyl (C=O) groups excluding carboxylic acids is 1. The molecule has 0 aromatic heterocycles. The molecule has 0 bridgehead atoms. The van der Waals surface area contributed by atoms with Gasteiger partial charge in [0, 0.05) is 5.88 Å². The highest BCUT2D eigenvalue weighted by atomic mass is 35.5. The summed E-state index contributed by atoms with van der Waals surface area (Å²) in [6.45, 7) is 1.84. The molecule has 0 radical (unpaired) electrons. The van der Waals surface area contributed by atoms with E-state index in [2.05, 4.69) is 4.74 Å². The van der Waals surface area contributed by atoms with Crippen LogP contribution in [0.5, 0.6) is 0 Å². The van der Waals surface area contributed by atoms with E-state index in [1.165, 1.54) is 0 Å². The maximum absolute atomic E-state index is 11.0. The van der Waals surface area contributed by atoms with Crippen molar-refractivity contribution in [3.63, 3.8) is 0 Å². The van der Waals surface area contributed by atoms with Crippen LogP contribution in [0.25, 0.3) is 0 Å². The van der Waals surface area contributed by atoms with Gasteiger partial charge in [0.05, 0.1) is 6.61 Å². The van der Waals surface area contributed by atoms with Crippen molar-refractivity contribution < 1.29 is 19.4 Å². The summed E-state index contributed by atoms with van der Waals surface area (Å²) < 4.78 is 4.60. The van der Waals surface area contributed by atoms with E-state index in [1.54, 1.807) is 6.92 Å². The Kier molecular flexibility index (Phi) is 6.32. The molecule has 0 saturated carbocycles. The zero-order valence-corrected chi connectivity index (χ0v) is 8.21. The molecule has 0 saturated heterocycles. The Labute approximate surface area is 81.8 Å². The predicted octanol–water partition coefficient (Wildman–Crippen LogP) is 1.27. The topological polar surface area (TPSA) is 63.6 Å². The van der Waals surface area contributed by atoms with Gasteiger partial charge in [-0.3, -0.25) is 9.59 Å². The first-order valence-corrected chi connectivity index (χ1v) is 4.62. The van der Waals surface area contributed by atoms with Crippen LogP contribution >= 0.6 is 11.6 Å². The van der Waals surface area contributed by atoms with Crippen molar-refractivity contribution in [2.75, 3.05) is 12.5 Å². The monoisotopic (exact) mass is 208 g/mol. The van der Waals surface area contributed by atoms with Gasteiger partial charge in [0.15, 0.2) is 5.92 Å².